The van der Waals surface area contributed by atoms with Gasteiger partial charge in [0.15, 0.2) is 0 Å². The fourth-order valence-corrected chi connectivity index (χ4v) is 2.84. The molecule has 0 radical (unpaired) electrons. The lowest BCUT2D eigenvalue weighted by Gasteiger charge is -2.27. The van der Waals surface area contributed by atoms with E-state index in [-0.39, 0.29) is 27.9 Å². The highest BCUT2D eigenvalue weighted by Gasteiger charge is 2.17. The highest BCUT2D eigenvalue weighted by Crippen LogP contribution is 2.24. The van der Waals surface area contributed by atoms with Gasteiger partial charge in [-0.2, -0.15) is 0 Å². The summed E-state index contributed by atoms with van der Waals surface area (Å²) >= 11 is 5.41. The van der Waals surface area contributed by atoms with E-state index in [4.69, 9.17) is 33.9 Å². The number of nitrogens with zero attached hydrogens (tertiary/aromatic N) is 5. The second-order valence-electron chi connectivity index (χ2n) is 6.64. The number of aromatic nitrogens is 2. The topological polar surface area (TPSA) is 198 Å². The Hall–Kier alpha value is -3.40. The summed E-state index contributed by atoms with van der Waals surface area (Å²) in [6.45, 7) is 6.56. The van der Waals surface area contributed by atoms with Crippen LogP contribution in [0.25, 0.3) is 0 Å². The quantitative estimate of drug-likeness (QED) is 0.302. The molecule has 14 nitrogen and oxygen atoms in total. The zero-order valence-electron chi connectivity index (χ0n) is 19.8. The Morgan fingerprint density at radius 2 is 1.51 bits per heavy atom. The molecule has 0 aromatic carbocycles. The summed E-state index contributed by atoms with van der Waals surface area (Å²) in [5.74, 6) is 0.659. The summed E-state index contributed by atoms with van der Waals surface area (Å²) < 4.78 is 25.7. The molecule has 35 heavy (non-hydrogen) atoms. The number of hydrogen-bond acceptors (Lipinski definition) is 12. The van der Waals surface area contributed by atoms with Crippen molar-refractivity contribution in [2.75, 3.05) is 76.1 Å². The van der Waals surface area contributed by atoms with Crippen LogP contribution in [0.2, 0.25) is 5.15 Å². The van der Waals surface area contributed by atoms with Gasteiger partial charge in [0.1, 0.15) is 34.7 Å². The van der Waals surface area contributed by atoms with Crippen LogP contribution in [0.4, 0.5) is 33.0 Å². The van der Waals surface area contributed by atoms with Crippen LogP contribution in [-0.2, 0) is 9.47 Å². The number of hydrogen-bond donors (Lipinski definition) is 3. The average molecular weight is 520 g/mol. The molecule has 0 atom stereocenters. The zero-order chi connectivity index (χ0) is 26.9. The molecule has 4 rings (SSSR count). The number of nitro groups is 2. The summed E-state index contributed by atoms with van der Waals surface area (Å²) in [5, 5.41) is 24.0. The van der Waals surface area contributed by atoms with Gasteiger partial charge < -0.3 is 31.2 Å². The second-order valence-corrected chi connectivity index (χ2v) is 7.03. The number of halogens is 2. The van der Waals surface area contributed by atoms with Gasteiger partial charge in [-0.25, -0.2) is 9.97 Å². The van der Waals surface area contributed by atoms with Crippen LogP contribution >= 0.6 is 11.6 Å². The molecule has 0 spiro atoms. The zero-order valence-corrected chi connectivity index (χ0v) is 19.5. The molecule has 2 aromatic rings. The van der Waals surface area contributed by atoms with Crippen molar-refractivity contribution in [2.24, 2.45) is 0 Å². The van der Waals surface area contributed by atoms with Crippen LogP contribution in [0.1, 0.15) is 1.37 Å². The molecule has 194 valence electrons. The average Bonchev–Trinajstić information content (AvgIpc) is 2.86. The first-order valence-corrected chi connectivity index (χ1v) is 10.5. The van der Waals surface area contributed by atoms with E-state index in [9.17, 15) is 24.6 Å². The van der Waals surface area contributed by atoms with Crippen LogP contribution in [0, 0.1) is 20.2 Å². The molecule has 0 amide bonds. The Balaban J connectivity index is 0.000000279. The highest BCUT2D eigenvalue weighted by molar-refractivity contribution is 6.29. The number of nitrogen functional groups attached to an aromatic ring is 2. The molecular weight excluding hydrogens is 491 g/mol. The Morgan fingerprint density at radius 1 is 1.03 bits per heavy atom. The number of ether oxygens (including phenoxy) is 2. The van der Waals surface area contributed by atoms with E-state index in [1.807, 2.05) is 4.90 Å². The van der Waals surface area contributed by atoms with Crippen molar-refractivity contribution in [3.8, 4) is 0 Å². The number of morpholine rings is 2. The molecule has 2 saturated heterocycles. The number of nitrogens with two attached hydrogens (primary N) is 2. The fourth-order valence-electron chi connectivity index (χ4n) is 2.68. The van der Waals surface area contributed by atoms with Gasteiger partial charge in [-0.1, -0.05) is 11.6 Å². The van der Waals surface area contributed by atoms with Gasteiger partial charge >= 0.3 is 11.4 Å². The van der Waals surface area contributed by atoms with Crippen LogP contribution in [0.15, 0.2) is 24.5 Å². The minimum absolute atomic E-state index is 0.0231. The first kappa shape index (κ1) is 27.8. The monoisotopic (exact) mass is 519 g/mol. The molecule has 0 aliphatic carbocycles. The maximum absolute atomic E-state index is 10.6. The predicted molar refractivity (Wildman–Crippen MR) is 129 cm³/mol. The van der Waals surface area contributed by atoms with Crippen molar-refractivity contribution >= 4 is 40.2 Å². The molecule has 2 aliphatic heterocycles. The second kappa shape index (κ2) is 16.3. The minimum atomic E-state index is -1.00. The van der Waals surface area contributed by atoms with Gasteiger partial charge in [0, 0.05) is 38.3 Å². The largest absolute Gasteiger partial charge is 0.393 e. The molecule has 5 N–H and O–H groups in total. The molecule has 2 aromatic heterocycles. The van der Waals surface area contributed by atoms with Crippen molar-refractivity contribution in [1.29, 1.82) is 0 Å². The maximum Gasteiger partial charge on any atom is 0.310 e. The summed E-state index contributed by atoms with van der Waals surface area (Å²) in [7, 11) is -1.00. The molecule has 0 bridgehead atoms. The van der Waals surface area contributed by atoms with Gasteiger partial charge in [-0.3, -0.25) is 24.6 Å². The molecular formula is C19H28ClFN8O6. The Labute approximate surface area is 207 Å². The first-order valence-electron chi connectivity index (χ1n) is 10.8. The van der Waals surface area contributed by atoms with Crippen LogP contribution in [0.3, 0.4) is 0 Å². The number of anilines is 3. The third-order valence-electron chi connectivity index (χ3n) is 4.35. The summed E-state index contributed by atoms with van der Waals surface area (Å²) in [5.41, 5.74) is 10.6. The minimum Gasteiger partial charge on any atom is -0.393 e. The van der Waals surface area contributed by atoms with Crippen LogP contribution in [0.5, 0.6) is 0 Å². The number of pyridine rings is 2. The molecule has 4 heterocycles. The van der Waals surface area contributed by atoms with Gasteiger partial charge in [-0.05, 0) is 0 Å². The predicted octanol–water partition coefficient (Wildman–Crippen LogP) is 1.83. The van der Waals surface area contributed by atoms with E-state index in [0.29, 0.717) is 19.0 Å². The third-order valence-corrected chi connectivity index (χ3v) is 4.56. The van der Waals surface area contributed by atoms with Crippen molar-refractivity contribution in [3.63, 3.8) is 0 Å². The molecule has 0 unspecified atom stereocenters. The summed E-state index contributed by atoms with van der Waals surface area (Å²) in [4.78, 5) is 29.1. The lowest BCUT2D eigenvalue weighted by molar-refractivity contribution is -0.384. The number of rotatable bonds is 3. The summed E-state index contributed by atoms with van der Waals surface area (Å²) in [6.07, 6.45) is 2.22. The van der Waals surface area contributed by atoms with E-state index in [1.54, 1.807) is 0 Å². The van der Waals surface area contributed by atoms with E-state index < -0.39 is 17.0 Å². The van der Waals surface area contributed by atoms with E-state index >= 15 is 0 Å². The third kappa shape index (κ3) is 10.6. The van der Waals surface area contributed by atoms with Gasteiger partial charge in [0.2, 0.25) is 0 Å². The van der Waals surface area contributed by atoms with Gasteiger partial charge in [0.25, 0.3) is 0 Å². The van der Waals surface area contributed by atoms with Crippen molar-refractivity contribution in [3.05, 3.63) is 49.9 Å². The molecule has 16 heteroatoms. The van der Waals surface area contributed by atoms with E-state index in [0.717, 1.165) is 45.6 Å². The van der Waals surface area contributed by atoms with Crippen molar-refractivity contribution < 1.29 is 25.1 Å². The number of alkyl halides is 1. The lowest BCUT2D eigenvalue weighted by atomic mass is 10.3. The molecule has 0 saturated carbocycles. The normalized spacial score (nSPS) is 15.0. The van der Waals surface area contributed by atoms with Crippen molar-refractivity contribution in [1.82, 2.24) is 15.3 Å². The van der Waals surface area contributed by atoms with Crippen LogP contribution in [-0.4, -0.2) is 79.6 Å². The van der Waals surface area contributed by atoms with Crippen LogP contribution < -0.4 is 21.7 Å². The standard InChI is InChI=1S/C9H12N4O3.C5H4ClN3O2.C4H9NO.CH3F/c10-7-5-9(11-6-8(7)13(14)15)12-1-3-16-4-2-12;6-5-1-3(7)4(2-8-5)9(10)11;1-3-6-4-2-5-1;1-2/h5-6H,1-4H2,(H2,10,11);1-2H,(H2,7,8);5H,1-4H2;1H3/i;;;1D. The molecule has 2 fully saturated rings. The smallest absolute Gasteiger partial charge is 0.310 e. The molecule has 2 aliphatic rings. The maximum atomic E-state index is 10.6. The van der Waals surface area contributed by atoms with Gasteiger partial charge in [0.05, 0.1) is 44.8 Å². The number of nitrogens with one attached hydrogen (secondary N) is 1. The SMILES string of the molecule is C1COCCN1.Nc1cc(Cl)ncc1[N+](=O)[O-].Nc1cc(N2CCOCC2)ncc1[N+](=O)[O-].[2H]CF. The van der Waals surface area contributed by atoms with E-state index in [2.05, 4.69) is 15.3 Å². The fraction of sp³-hybridized carbons (Fsp3) is 0.474. The Kier molecular flexibility index (Phi) is 12.9. The van der Waals surface area contributed by atoms with Crippen molar-refractivity contribution in [2.45, 2.75) is 0 Å². The first-order chi connectivity index (χ1) is 17.2. The van der Waals surface area contributed by atoms with Gasteiger partial charge in [-0.15, -0.1) is 0 Å². The Bertz CT molecular complexity index is 958. The van der Waals surface area contributed by atoms with E-state index in [1.165, 1.54) is 18.3 Å². The Morgan fingerprint density at radius 3 is 1.91 bits per heavy atom. The summed E-state index contributed by atoms with van der Waals surface area (Å²) in [6, 6.07) is 2.77. The highest BCUT2D eigenvalue weighted by atomic mass is 35.5. The lowest BCUT2D eigenvalue weighted by Crippen LogP contribution is -2.36.